The average molecular weight is 330 g/mol. The molecule has 0 atom stereocenters. The number of carbonyl (C=O) groups is 1. The van der Waals surface area contributed by atoms with Crippen LogP contribution in [0.4, 0.5) is 10.1 Å². The number of nitrogens with one attached hydrogen (secondary N) is 1. The Hall–Kier alpha value is -2.47. The number of halogens is 1. The van der Waals surface area contributed by atoms with Crippen LogP contribution in [0.1, 0.15) is 11.4 Å². The molecule has 0 saturated heterocycles. The zero-order valence-electron chi connectivity index (χ0n) is 12.5. The van der Waals surface area contributed by atoms with Crippen LogP contribution in [0.2, 0.25) is 0 Å². The van der Waals surface area contributed by atoms with Gasteiger partial charge in [-0.05, 0) is 37.3 Å². The SMILES string of the molecule is Cc1nc2ccc(NC(=O)CCOc3ccccc3F)cc2s1. The maximum absolute atomic E-state index is 13.4. The number of thiazole rings is 1. The molecule has 0 spiro atoms. The number of aromatic nitrogens is 1. The number of hydrogen-bond acceptors (Lipinski definition) is 4. The molecule has 1 heterocycles. The molecule has 0 saturated carbocycles. The van der Waals surface area contributed by atoms with E-state index in [1.807, 2.05) is 25.1 Å². The molecular formula is C17H15FN2O2S. The molecule has 0 unspecified atom stereocenters. The smallest absolute Gasteiger partial charge is 0.227 e. The Kier molecular flexibility index (Phi) is 4.52. The van der Waals surface area contributed by atoms with E-state index in [1.54, 1.807) is 23.5 Å². The number of nitrogens with zero attached hydrogens (tertiary/aromatic N) is 1. The fraction of sp³-hybridized carbons (Fsp3) is 0.176. The van der Waals surface area contributed by atoms with E-state index in [2.05, 4.69) is 10.3 Å². The van der Waals surface area contributed by atoms with Gasteiger partial charge in [0.25, 0.3) is 0 Å². The van der Waals surface area contributed by atoms with Gasteiger partial charge in [-0.25, -0.2) is 9.37 Å². The number of amides is 1. The standard InChI is InChI=1S/C17H15FN2O2S/c1-11-19-14-7-6-12(10-16(14)23-11)20-17(21)8-9-22-15-5-3-2-4-13(15)18/h2-7,10H,8-9H2,1H3,(H,20,21). The van der Waals surface area contributed by atoms with Crippen LogP contribution in [0.3, 0.4) is 0 Å². The Bertz CT molecular complexity index is 847. The molecule has 118 valence electrons. The van der Waals surface area contributed by atoms with Crippen LogP contribution in [0.25, 0.3) is 10.2 Å². The molecule has 1 aromatic heterocycles. The van der Waals surface area contributed by atoms with Crippen molar-refractivity contribution in [3.8, 4) is 5.75 Å². The van der Waals surface area contributed by atoms with E-state index < -0.39 is 5.82 Å². The van der Waals surface area contributed by atoms with Gasteiger partial charge in [0.05, 0.1) is 28.3 Å². The number of rotatable bonds is 5. The summed E-state index contributed by atoms with van der Waals surface area (Å²) in [5.74, 6) is -0.456. The Morgan fingerprint density at radius 2 is 2.13 bits per heavy atom. The molecule has 0 fully saturated rings. The Balaban J connectivity index is 1.55. The normalized spacial score (nSPS) is 10.7. The third-order valence-electron chi connectivity index (χ3n) is 3.20. The average Bonchev–Trinajstić information content (AvgIpc) is 2.88. The predicted molar refractivity (Wildman–Crippen MR) is 89.5 cm³/mol. The largest absolute Gasteiger partial charge is 0.490 e. The van der Waals surface area contributed by atoms with Crippen LogP contribution in [-0.2, 0) is 4.79 Å². The monoisotopic (exact) mass is 330 g/mol. The first kappa shape index (κ1) is 15.4. The van der Waals surface area contributed by atoms with Crippen molar-refractivity contribution in [2.75, 3.05) is 11.9 Å². The second kappa shape index (κ2) is 6.75. The molecule has 0 aliphatic rings. The summed E-state index contributed by atoms with van der Waals surface area (Å²) in [6.45, 7) is 2.07. The second-order valence-electron chi connectivity index (χ2n) is 4.99. The summed E-state index contributed by atoms with van der Waals surface area (Å²) in [6.07, 6.45) is 0.147. The van der Waals surface area contributed by atoms with E-state index in [-0.39, 0.29) is 24.7 Å². The van der Waals surface area contributed by atoms with E-state index >= 15 is 0 Å². The van der Waals surface area contributed by atoms with Crippen molar-refractivity contribution in [3.63, 3.8) is 0 Å². The van der Waals surface area contributed by atoms with Crippen molar-refractivity contribution in [2.45, 2.75) is 13.3 Å². The molecule has 0 aliphatic heterocycles. The van der Waals surface area contributed by atoms with Crippen LogP contribution in [0.15, 0.2) is 42.5 Å². The molecule has 23 heavy (non-hydrogen) atoms. The van der Waals surface area contributed by atoms with Crippen molar-refractivity contribution < 1.29 is 13.9 Å². The van der Waals surface area contributed by atoms with E-state index in [9.17, 15) is 9.18 Å². The number of benzene rings is 2. The summed E-state index contributed by atoms with van der Waals surface area (Å²) in [7, 11) is 0. The van der Waals surface area contributed by atoms with Gasteiger partial charge in [-0.1, -0.05) is 12.1 Å². The zero-order chi connectivity index (χ0) is 16.2. The van der Waals surface area contributed by atoms with Gasteiger partial charge in [0.1, 0.15) is 0 Å². The summed E-state index contributed by atoms with van der Waals surface area (Å²) < 4.78 is 19.7. The minimum absolute atomic E-state index is 0.120. The Morgan fingerprint density at radius 1 is 1.30 bits per heavy atom. The lowest BCUT2D eigenvalue weighted by atomic mass is 10.3. The second-order valence-corrected chi connectivity index (χ2v) is 6.23. The third-order valence-corrected chi connectivity index (χ3v) is 4.14. The van der Waals surface area contributed by atoms with Gasteiger partial charge in [-0.3, -0.25) is 4.79 Å². The van der Waals surface area contributed by atoms with Gasteiger partial charge in [-0.2, -0.15) is 0 Å². The first-order valence-electron chi connectivity index (χ1n) is 7.16. The molecule has 1 amide bonds. The number of aryl methyl sites for hydroxylation is 1. The maximum Gasteiger partial charge on any atom is 0.227 e. The number of fused-ring (bicyclic) bond motifs is 1. The Morgan fingerprint density at radius 3 is 2.96 bits per heavy atom. The number of anilines is 1. The molecular weight excluding hydrogens is 315 g/mol. The van der Waals surface area contributed by atoms with Gasteiger partial charge in [0.2, 0.25) is 5.91 Å². The van der Waals surface area contributed by atoms with Gasteiger partial charge < -0.3 is 10.1 Å². The lowest BCUT2D eigenvalue weighted by Crippen LogP contribution is -2.15. The van der Waals surface area contributed by atoms with Crippen molar-refractivity contribution in [1.29, 1.82) is 0 Å². The molecule has 0 radical (unpaired) electrons. The molecule has 0 aliphatic carbocycles. The highest BCUT2D eigenvalue weighted by atomic mass is 32.1. The van der Waals surface area contributed by atoms with Gasteiger partial charge in [0, 0.05) is 5.69 Å². The first-order chi connectivity index (χ1) is 11.1. The van der Waals surface area contributed by atoms with Crippen LogP contribution in [-0.4, -0.2) is 17.5 Å². The summed E-state index contributed by atoms with van der Waals surface area (Å²) in [6, 6.07) is 11.7. The zero-order valence-corrected chi connectivity index (χ0v) is 13.3. The lowest BCUT2D eigenvalue weighted by Gasteiger charge is -2.08. The molecule has 2 aromatic carbocycles. The van der Waals surface area contributed by atoms with Crippen molar-refractivity contribution in [1.82, 2.24) is 4.98 Å². The number of hydrogen-bond donors (Lipinski definition) is 1. The molecule has 6 heteroatoms. The van der Waals surface area contributed by atoms with Gasteiger partial charge in [-0.15, -0.1) is 11.3 Å². The molecule has 3 rings (SSSR count). The van der Waals surface area contributed by atoms with E-state index in [0.29, 0.717) is 0 Å². The van der Waals surface area contributed by atoms with E-state index in [1.165, 1.54) is 12.1 Å². The van der Waals surface area contributed by atoms with Crippen molar-refractivity contribution >= 4 is 33.1 Å². The maximum atomic E-state index is 13.4. The minimum Gasteiger partial charge on any atom is -0.490 e. The fourth-order valence-corrected chi connectivity index (χ4v) is 3.02. The van der Waals surface area contributed by atoms with Crippen molar-refractivity contribution in [2.24, 2.45) is 0 Å². The quantitative estimate of drug-likeness (QED) is 0.764. The van der Waals surface area contributed by atoms with Gasteiger partial charge >= 0.3 is 0 Å². The molecule has 4 nitrogen and oxygen atoms in total. The first-order valence-corrected chi connectivity index (χ1v) is 7.98. The van der Waals surface area contributed by atoms with E-state index in [0.717, 1.165) is 20.9 Å². The molecule has 3 aromatic rings. The lowest BCUT2D eigenvalue weighted by molar-refractivity contribution is -0.116. The fourth-order valence-electron chi connectivity index (χ4n) is 2.16. The Labute approximate surface area is 136 Å². The van der Waals surface area contributed by atoms with E-state index in [4.69, 9.17) is 4.74 Å². The highest BCUT2D eigenvalue weighted by molar-refractivity contribution is 7.18. The van der Waals surface area contributed by atoms with Crippen molar-refractivity contribution in [3.05, 3.63) is 53.3 Å². The topological polar surface area (TPSA) is 51.2 Å². The highest BCUT2D eigenvalue weighted by Gasteiger charge is 2.07. The molecule has 0 bridgehead atoms. The van der Waals surface area contributed by atoms with Crippen LogP contribution in [0, 0.1) is 12.7 Å². The van der Waals surface area contributed by atoms with Gasteiger partial charge in [0.15, 0.2) is 11.6 Å². The summed E-state index contributed by atoms with van der Waals surface area (Å²) in [5.41, 5.74) is 1.64. The number of carbonyl (C=O) groups excluding carboxylic acids is 1. The predicted octanol–water partition coefficient (Wildman–Crippen LogP) is 4.15. The highest BCUT2D eigenvalue weighted by Crippen LogP contribution is 2.24. The summed E-state index contributed by atoms with van der Waals surface area (Å²) in [4.78, 5) is 16.3. The summed E-state index contributed by atoms with van der Waals surface area (Å²) >= 11 is 1.58. The summed E-state index contributed by atoms with van der Waals surface area (Å²) in [5, 5.41) is 3.80. The minimum atomic E-state index is -0.432. The third kappa shape index (κ3) is 3.84. The number of para-hydroxylation sites is 1. The van der Waals surface area contributed by atoms with Crippen LogP contribution >= 0.6 is 11.3 Å². The molecule has 1 N–H and O–H groups in total. The van der Waals surface area contributed by atoms with Crippen LogP contribution in [0.5, 0.6) is 5.75 Å². The van der Waals surface area contributed by atoms with Crippen LogP contribution < -0.4 is 10.1 Å². The number of ether oxygens (including phenoxy) is 1.